The van der Waals surface area contributed by atoms with Gasteiger partial charge in [0.05, 0.1) is 6.42 Å². The summed E-state index contributed by atoms with van der Waals surface area (Å²) < 4.78 is 4.93. The number of nitrogens with zero attached hydrogens (tertiary/aromatic N) is 4. The second-order valence-electron chi connectivity index (χ2n) is 10.5. The summed E-state index contributed by atoms with van der Waals surface area (Å²) in [5, 5.41) is 9.16. The molecule has 38 heavy (non-hydrogen) atoms. The van der Waals surface area contributed by atoms with Crippen molar-refractivity contribution in [3.63, 3.8) is 0 Å². The van der Waals surface area contributed by atoms with Crippen LogP contribution in [0.1, 0.15) is 55.4 Å². The molecule has 2 aliphatic rings. The monoisotopic (exact) mass is 520 g/mol. The van der Waals surface area contributed by atoms with Crippen LogP contribution in [0, 0.1) is 19.4 Å². The van der Waals surface area contributed by atoms with Gasteiger partial charge in [-0.25, -0.2) is 6.57 Å². The van der Waals surface area contributed by atoms with Crippen molar-refractivity contribution < 1.29 is 23.7 Å². The van der Waals surface area contributed by atoms with E-state index in [0.29, 0.717) is 17.9 Å². The third kappa shape index (κ3) is 4.74. The van der Waals surface area contributed by atoms with Gasteiger partial charge in [0.15, 0.2) is 5.69 Å². The van der Waals surface area contributed by atoms with Crippen LogP contribution >= 0.6 is 0 Å². The molecule has 4 atom stereocenters. The Labute approximate surface area is 221 Å². The topological polar surface area (TPSA) is 129 Å². The quantitative estimate of drug-likeness (QED) is 0.539. The van der Waals surface area contributed by atoms with Crippen LogP contribution in [0.25, 0.3) is 4.85 Å². The minimum Gasteiger partial charge on any atom is -0.361 e. The fraction of sp³-hybridized carbons (Fsp3) is 0.481. The lowest BCUT2D eigenvalue weighted by Gasteiger charge is -2.33. The van der Waals surface area contributed by atoms with Crippen LogP contribution in [0.2, 0.25) is 0 Å². The molecule has 11 nitrogen and oxygen atoms in total. The first kappa shape index (κ1) is 26.9. The number of hydrogen-bond donors (Lipinski definition) is 2. The van der Waals surface area contributed by atoms with Gasteiger partial charge in [0.2, 0.25) is 11.8 Å². The molecule has 0 radical (unpaired) electrons. The van der Waals surface area contributed by atoms with Crippen molar-refractivity contribution >= 4 is 29.3 Å². The number of likely N-dealkylation sites (N-methyl/N-ethyl adjacent to an activating group) is 1. The van der Waals surface area contributed by atoms with Crippen molar-refractivity contribution in [3.8, 4) is 0 Å². The van der Waals surface area contributed by atoms with Gasteiger partial charge in [-0.2, -0.15) is 0 Å². The Morgan fingerprint density at radius 1 is 1.32 bits per heavy atom. The van der Waals surface area contributed by atoms with Crippen molar-refractivity contribution in [2.24, 2.45) is 5.92 Å². The van der Waals surface area contributed by atoms with E-state index < -0.39 is 41.4 Å². The molecule has 11 heteroatoms. The van der Waals surface area contributed by atoms with E-state index in [-0.39, 0.29) is 30.5 Å². The van der Waals surface area contributed by atoms with E-state index in [0.717, 1.165) is 5.56 Å². The summed E-state index contributed by atoms with van der Waals surface area (Å²) in [7, 11) is 1.52. The van der Waals surface area contributed by atoms with E-state index in [1.165, 1.54) is 29.8 Å². The summed E-state index contributed by atoms with van der Waals surface area (Å²) in [4.78, 5) is 59.4. The fourth-order valence-electron chi connectivity index (χ4n) is 5.28. The van der Waals surface area contributed by atoms with Crippen molar-refractivity contribution in [3.05, 3.63) is 58.8 Å². The van der Waals surface area contributed by atoms with Crippen LogP contribution in [0.5, 0.6) is 0 Å². The Hall–Kier alpha value is -4.20. The second-order valence-corrected chi connectivity index (χ2v) is 10.5. The van der Waals surface area contributed by atoms with Gasteiger partial charge in [0, 0.05) is 25.3 Å². The first-order valence-corrected chi connectivity index (χ1v) is 12.6. The predicted octanol–water partition coefficient (Wildman–Crippen LogP) is 2.34. The molecule has 1 fully saturated rings. The van der Waals surface area contributed by atoms with E-state index >= 15 is 0 Å². The van der Waals surface area contributed by atoms with Gasteiger partial charge in [-0.1, -0.05) is 37.2 Å². The van der Waals surface area contributed by atoms with E-state index in [9.17, 15) is 19.2 Å². The number of rotatable bonds is 7. The maximum atomic E-state index is 14.0. The highest BCUT2D eigenvalue weighted by Gasteiger charge is 2.59. The Morgan fingerprint density at radius 2 is 2.03 bits per heavy atom. The summed E-state index contributed by atoms with van der Waals surface area (Å²) in [6, 6.07) is 6.96. The van der Waals surface area contributed by atoms with Crippen LogP contribution in [0.3, 0.4) is 0 Å². The van der Waals surface area contributed by atoms with E-state index in [1.807, 2.05) is 38.1 Å². The van der Waals surface area contributed by atoms with E-state index in [1.54, 1.807) is 6.92 Å². The lowest BCUT2D eigenvalue weighted by Crippen LogP contribution is -2.55. The molecular weight excluding hydrogens is 488 g/mol. The number of carbonyl (C=O) groups excluding carboxylic acids is 4. The van der Waals surface area contributed by atoms with Crippen LogP contribution in [-0.4, -0.2) is 70.4 Å². The third-order valence-corrected chi connectivity index (χ3v) is 7.26. The number of aromatic nitrogens is 1. The average molecular weight is 521 g/mol. The van der Waals surface area contributed by atoms with Crippen LogP contribution < -0.4 is 10.6 Å². The Bertz CT molecular complexity index is 1310. The molecule has 0 bridgehead atoms. The molecule has 0 aliphatic carbocycles. The number of anilines is 1. The zero-order valence-electron chi connectivity index (χ0n) is 22.1. The highest BCUT2D eigenvalue weighted by atomic mass is 16.5. The Morgan fingerprint density at radius 3 is 2.66 bits per heavy atom. The van der Waals surface area contributed by atoms with Gasteiger partial charge >= 0.3 is 6.17 Å². The zero-order valence-corrected chi connectivity index (χ0v) is 22.1. The number of likely N-dealkylation sites (tertiary alicyclic amines) is 1. The lowest BCUT2D eigenvalue weighted by molar-refractivity contribution is -0.146. The molecule has 3 heterocycles. The first-order valence-electron chi connectivity index (χ1n) is 12.6. The number of amides is 4. The van der Waals surface area contributed by atoms with Gasteiger partial charge in [-0.15, -0.1) is 0 Å². The SMILES string of the molecule is [C-]#[N+][C@@H]1C[C@@]2(CN1C(=O)[C@H](CC(C)C)N(C)C(=O)[C@H](C)NC(=O)c1cc(C)on1)C(=O)Nc1ccccc12. The molecule has 1 aromatic carbocycles. The molecule has 4 amide bonds. The third-order valence-electron chi connectivity index (χ3n) is 7.26. The Kier molecular flexibility index (Phi) is 7.26. The van der Waals surface area contributed by atoms with Crippen LogP contribution in [-0.2, 0) is 19.8 Å². The molecule has 1 saturated heterocycles. The fourth-order valence-corrected chi connectivity index (χ4v) is 5.28. The van der Waals surface area contributed by atoms with Crippen molar-refractivity contribution in [2.45, 2.75) is 64.2 Å². The maximum Gasteiger partial charge on any atom is 0.302 e. The normalized spacial score (nSPS) is 21.6. The van der Waals surface area contributed by atoms with E-state index in [2.05, 4.69) is 20.6 Å². The largest absolute Gasteiger partial charge is 0.361 e. The number of aryl methyl sites for hydroxylation is 1. The predicted molar refractivity (Wildman–Crippen MR) is 138 cm³/mol. The molecule has 0 saturated carbocycles. The standard InChI is InChI=1S/C27H32N6O5/c1-15(2)11-21(32(6)24(35)17(4)29-23(34)20-12-16(3)38-31-20)25(36)33-14-27(13-22(33)28-5)18-9-7-8-10-19(18)30-26(27)37/h7-10,12,15,17,21-22H,11,13-14H2,1-4,6H3,(H,29,34)(H,30,37)/t17-,21-,22-,27-/m0/s1. The number of hydrogen-bond acceptors (Lipinski definition) is 6. The number of carbonyl (C=O) groups is 4. The summed E-state index contributed by atoms with van der Waals surface area (Å²) in [6.45, 7) is 14.9. The number of fused-ring (bicyclic) bond motifs is 2. The smallest absolute Gasteiger partial charge is 0.302 e. The molecule has 2 aromatic rings. The molecule has 4 rings (SSSR count). The number of nitrogens with one attached hydrogen (secondary N) is 2. The van der Waals surface area contributed by atoms with Crippen LogP contribution in [0.15, 0.2) is 34.9 Å². The maximum absolute atomic E-state index is 14.0. The van der Waals surface area contributed by atoms with Gasteiger partial charge in [-0.05, 0) is 37.8 Å². The molecule has 2 N–H and O–H groups in total. The van der Waals surface area contributed by atoms with Crippen molar-refractivity contribution in [2.75, 3.05) is 18.9 Å². The first-order chi connectivity index (χ1) is 18.0. The highest BCUT2D eigenvalue weighted by molar-refractivity contribution is 6.07. The number of para-hydroxylation sites is 1. The van der Waals surface area contributed by atoms with Crippen molar-refractivity contribution in [1.82, 2.24) is 20.3 Å². The van der Waals surface area contributed by atoms with Gasteiger partial charge in [-0.3, -0.25) is 28.9 Å². The van der Waals surface area contributed by atoms with Gasteiger partial charge in [0.1, 0.15) is 23.3 Å². The highest BCUT2D eigenvalue weighted by Crippen LogP contribution is 2.47. The average Bonchev–Trinajstić information content (AvgIpc) is 3.57. The molecular formula is C27H32N6O5. The Balaban J connectivity index is 1.56. The lowest BCUT2D eigenvalue weighted by atomic mass is 9.80. The molecule has 2 aliphatic heterocycles. The van der Waals surface area contributed by atoms with Gasteiger partial charge < -0.3 is 20.1 Å². The van der Waals surface area contributed by atoms with Gasteiger partial charge in [0.25, 0.3) is 11.8 Å². The molecule has 200 valence electrons. The molecule has 1 spiro atoms. The summed E-state index contributed by atoms with van der Waals surface area (Å²) in [5.41, 5.74) is 0.507. The minimum absolute atomic E-state index is 0.0517. The molecule has 0 unspecified atom stereocenters. The summed E-state index contributed by atoms with van der Waals surface area (Å²) >= 11 is 0. The summed E-state index contributed by atoms with van der Waals surface area (Å²) in [6.07, 6.45) is -0.313. The minimum atomic E-state index is -1.01. The molecule has 1 aromatic heterocycles. The van der Waals surface area contributed by atoms with Crippen molar-refractivity contribution in [1.29, 1.82) is 0 Å². The zero-order chi connectivity index (χ0) is 27.8. The van der Waals surface area contributed by atoms with Crippen LogP contribution in [0.4, 0.5) is 5.69 Å². The second kappa shape index (κ2) is 10.3. The summed E-state index contributed by atoms with van der Waals surface area (Å²) in [5.74, 6) is -1.13. The number of benzene rings is 1. The van der Waals surface area contributed by atoms with E-state index in [4.69, 9.17) is 11.1 Å².